The molecule has 2 N–H and O–H groups in total. The fraction of sp³-hybridized carbons (Fsp3) is 0.278. The van der Waals surface area contributed by atoms with Gasteiger partial charge in [-0.3, -0.25) is 0 Å². The van der Waals surface area contributed by atoms with E-state index in [0.29, 0.717) is 0 Å². The van der Waals surface area contributed by atoms with Crippen molar-refractivity contribution in [3.8, 4) is 0 Å². The van der Waals surface area contributed by atoms with Crippen LogP contribution in [-0.2, 0) is 13.5 Å². The van der Waals surface area contributed by atoms with Crippen molar-refractivity contribution in [2.75, 3.05) is 0 Å². The fourth-order valence-electron chi connectivity index (χ4n) is 2.69. The lowest BCUT2D eigenvalue weighted by Crippen LogP contribution is -2.16. The highest BCUT2D eigenvalue weighted by molar-refractivity contribution is 5.75. The van der Waals surface area contributed by atoms with Gasteiger partial charge in [0, 0.05) is 19.5 Å². The molecule has 1 atom stereocenters. The number of para-hydroxylation sites is 2. The molecule has 0 aliphatic heterocycles. The van der Waals surface area contributed by atoms with Crippen molar-refractivity contribution >= 4 is 11.0 Å². The molecule has 0 spiro atoms. The number of imidazole rings is 1. The number of hydrogen-bond acceptors (Lipinski definition) is 2. The lowest BCUT2D eigenvalue weighted by Gasteiger charge is -2.13. The van der Waals surface area contributed by atoms with Crippen LogP contribution in [0.3, 0.4) is 0 Å². The third-order valence-corrected chi connectivity index (χ3v) is 4.24. The Labute approximate surface area is 125 Å². The minimum atomic E-state index is -0.0280. The molecule has 0 fully saturated rings. The quantitative estimate of drug-likeness (QED) is 0.798. The van der Waals surface area contributed by atoms with E-state index in [1.807, 2.05) is 18.2 Å². The first kappa shape index (κ1) is 13.8. The summed E-state index contributed by atoms with van der Waals surface area (Å²) in [5, 5.41) is 0. The molecule has 108 valence electrons. The molecule has 3 heteroatoms. The Bertz CT molecular complexity index is 786. The molecule has 3 aromatic rings. The zero-order valence-corrected chi connectivity index (χ0v) is 12.8. The average Bonchev–Trinajstić information content (AvgIpc) is 2.79. The van der Waals surface area contributed by atoms with E-state index >= 15 is 0 Å². The van der Waals surface area contributed by atoms with Crippen LogP contribution in [0.2, 0.25) is 0 Å². The summed E-state index contributed by atoms with van der Waals surface area (Å²) in [6, 6.07) is 14.6. The highest BCUT2D eigenvalue weighted by Gasteiger charge is 2.13. The van der Waals surface area contributed by atoms with Crippen molar-refractivity contribution in [3.05, 3.63) is 65.0 Å². The summed E-state index contributed by atoms with van der Waals surface area (Å²) in [5.41, 5.74) is 12.3. The highest BCUT2D eigenvalue weighted by Crippen LogP contribution is 2.21. The largest absolute Gasteiger partial charge is 0.331 e. The monoisotopic (exact) mass is 279 g/mol. The van der Waals surface area contributed by atoms with E-state index in [1.165, 1.54) is 16.7 Å². The molecule has 1 heterocycles. The summed E-state index contributed by atoms with van der Waals surface area (Å²) in [4.78, 5) is 4.70. The second-order valence-corrected chi connectivity index (χ2v) is 5.73. The molecule has 0 saturated heterocycles. The van der Waals surface area contributed by atoms with Gasteiger partial charge in [0.05, 0.1) is 11.0 Å². The lowest BCUT2D eigenvalue weighted by molar-refractivity contribution is 0.664. The second kappa shape index (κ2) is 5.34. The van der Waals surface area contributed by atoms with Gasteiger partial charge in [0.2, 0.25) is 0 Å². The van der Waals surface area contributed by atoms with E-state index in [0.717, 1.165) is 23.3 Å². The van der Waals surface area contributed by atoms with Gasteiger partial charge in [-0.1, -0.05) is 30.3 Å². The molecule has 21 heavy (non-hydrogen) atoms. The molecule has 1 unspecified atom stereocenters. The summed E-state index contributed by atoms with van der Waals surface area (Å²) in [5.74, 6) is 1.03. The van der Waals surface area contributed by atoms with Crippen LogP contribution in [-0.4, -0.2) is 9.55 Å². The van der Waals surface area contributed by atoms with Crippen LogP contribution in [0.25, 0.3) is 11.0 Å². The van der Waals surface area contributed by atoms with Crippen molar-refractivity contribution in [1.82, 2.24) is 9.55 Å². The topological polar surface area (TPSA) is 43.8 Å². The molecule has 0 bridgehead atoms. The van der Waals surface area contributed by atoms with Crippen LogP contribution in [0.5, 0.6) is 0 Å². The SMILES string of the molecule is Cc1ccc(C(N)Cc2nc3ccccc3n2C)cc1C. The summed E-state index contributed by atoms with van der Waals surface area (Å²) in [6.45, 7) is 4.25. The van der Waals surface area contributed by atoms with E-state index < -0.39 is 0 Å². The smallest absolute Gasteiger partial charge is 0.111 e. The van der Waals surface area contributed by atoms with E-state index in [2.05, 4.69) is 49.7 Å². The Morgan fingerprint density at radius 2 is 1.86 bits per heavy atom. The Morgan fingerprint density at radius 3 is 2.57 bits per heavy atom. The Hall–Kier alpha value is -2.13. The summed E-state index contributed by atoms with van der Waals surface area (Å²) in [6.07, 6.45) is 0.744. The Balaban J connectivity index is 1.90. The van der Waals surface area contributed by atoms with E-state index in [1.54, 1.807) is 0 Å². The number of nitrogens with two attached hydrogens (primary N) is 1. The molecule has 0 aliphatic rings. The minimum Gasteiger partial charge on any atom is -0.331 e. The molecular formula is C18H21N3. The second-order valence-electron chi connectivity index (χ2n) is 5.73. The van der Waals surface area contributed by atoms with Crippen LogP contribution in [0.15, 0.2) is 42.5 Å². The first-order valence-electron chi connectivity index (χ1n) is 7.29. The first-order chi connectivity index (χ1) is 10.1. The molecule has 0 saturated carbocycles. The van der Waals surface area contributed by atoms with Gasteiger partial charge < -0.3 is 10.3 Å². The summed E-state index contributed by atoms with van der Waals surface area (Å²) >= 11 is 0. The van der Waals surface area contributed by atoms with Crippen LogP contribution in [0.4, 0.5) is 0 Å². The van der Waals surface area contributed by atoms with E-state index in [-0.39, 0.29) is 6.04 Å². The van der Waals surface area contributed by atoms with Crippen molar-refractivity contribution in [3.63, 3.8) is 0 Å². The van der Waals surface area contributed by atoms with Gasteiger partial charge in [0.15, 0.2) is 0 Å². The predicted molar refractivity (Wildman–Crippen MR) is 87.3 cm³/mol. The fourth-order valence-corrected chi connectivity index (χ4v) is 2.69. The van der Waals surface area contributed by atoms with Crippen molar-refractivity contribution in [2.45, 2.75) is 26.3 Å². The van der Waals surface area contributed by atoms with Crippen molar-refractivity contribution < 1.29 is 0 Å². The van der Waals surface area contributed by atoms with Gasteiger partial charge in [-0.15, -0.1) is 0 Å². The van der Waals surface area contributed by atoms with Gasteiger partial charge in [-0.25, -0.2) is 4.98 Å². The van der Waals surface area contributed by atoms with Gasteiger partial charge in [-0.05, 0) is 42.7 Å². The van der Waals surface area contributed by atoms with Crippen LogP contribution in [0, 0.1) is 13.8 Å². The summed E-state index contributed by atoms with van der Waals surface area (Å²) in [7, 11) is 2.05. The molecule has 1 aromatic heterocycles. The molecule has 0 amide bonds. The molecule has 3 nitrogen and oxygen atoms in total. The first-order valence-corrected chi connectivity index (χ1v) is 7.29. The van der Waals surface area contributed by atoms with Crippen LogP contribution >= 0.6 is 0 Å². The van der Waals surface area contributed by atoms with Crippen molar-refractivity contribution in [1.29, 1.82) is 0 Å². The number of aromatic nitrogens is 2. The third-order valence-electron chi connectivity index (χ3n) is 4.24. The van der Waals surface area contributed by atoms with Crippen LogP contribution < -0.4 is 5.73 Å². The van der Waals surface area contributed by atoms with Crippen molar-refractivity contribution in [2.24, 2.45) is 12.8 Å². The molecule has 2 aromatic carbocycles. The number of aryl methyl sites for hydroxylation is 3. The number of hydrogen-bond donors (Lipinski definition) is 1. The minimum absolute atomic E-state index is 0.0280. The van der Waals surface area contributed by atoms with Gasteiger partial charge in [0.25, 0.3) is 0 Å². The van der Waals surface area contributed by atoms with Crippen LogP contribution in [0.1, 0.15) is 28.6 Å². The standard InChI is InChI=1S/C18H21N3/c1-12-8-9-14(10-13(12)2)15(19)11-18-20-16-6-4-5-7-17(16)21(18)3/h4-10,15H,11,19H2,1-3H3. The van der Waals surface area contributed by atoms with E-state index in [4.69, 9.17) is 10.7 Å². The predicted octanol–water partition coefficient (Wildman–Crippen LogP) is 3.43. The normalized spacial score (nSPS) is 12.8. The third kappa shape index (κ3) is 2.57. The zero-order valence-electron chi connectivity index (χ0n) is 12.8. The maximum atomic E-state index is 6.38. The number of fused-ring (bicyclic) bond motifs is 1. The van der Waals surface area contributed by atoms with Gasteiger partial charge >= 0.3 is 0 Å². The molecule has 0 aliphatic carbocycles. The number of nitrogens with zero attached hydrogens (tertiary/aromatic N) is 2. The zero-order chi connectivity index (χ0) is 15.0. The highest BCUT2D eigenvalue weighted by atomic mass is 15.1. The molecule has 3 rings (SSSR count). The van der Waals surface area contributed by atoms with Gasteiger partial charge in [-0.2, -0.15) is 0 Å². The van der Waals surface area contributed by atoms with E-state index in [9.17, 15) is 0 Å². The van der Waals surface area contributed by atoms with Gasteiger partial charge in [0.1, 0.15) is 5.82 Å². The number of benzene rings is 2. The molecule has 0 radical (unpaired) electrons. The number of rotatable bonds is 3. The molecular weight excluding hydrogens is 258 g/mol. The maximum Gasteiger partial charge on any atom is 0.111 e. The lowest BCUT2D eigenvalue weighted by atomic mass is 9.99. The maximum absolute atomic E-state index is 6.38. The summed E-state index contributed by atoms with van der Waals surface area (Å²) < 4.78 is 2.14. The Kier molecular flexibility index (Phi) is 3.52. The average molecular weight is 279 g/mol. The Morgan fingerprint density at radius 1 is 1.10 bits per heavy atom.